The fraction of sp³-hybridized carbons (Fsp3) is 0.442. The molecule has 54 heavy (non-hydrogen) atoms. The van der Waals surface area contributed by atoms with E-state index >= 15 is 0 Å². The average Bonchev–Trinajstić information content (AvgIpc) is 3.17. The van der Waals surface area contributed by atoms with Gasteiger partial charge in [0, 0.05) is 27.8 Å². The normalized spacial score (nSPS) is 11.2. The van der Waals surface area contributed by atoms with E-state index in [0.29, 0.717) is 46.4 Å². The van der Waals surface area contributed by atoms with Crippen LogP contribution in [0.3, 0.4) is 0 Å². The Morgan fingerprint density at radius 3 is 1.24 bits per heavy atom. The summed E-state index contributed by atoms with van der Waals surface area (Å²) in [6.07, 6.45) is 0. The van der Waals surface area contributed by atoms with Crippen LogP contribution >= 0.6 is 11.6 Å². The standard InChI is InChI=1S/C12H18.C11H14O3.C10H13ClO3.C10H13FO3/c1-7-8(2)10(4)12(6)11(5)9(7)3;1-7-6-9(12-3)8(2)11-10(7)13-4-5-14-11;2*1-5-7(11)9(13-3)6(2)8(12)10(5)14-4/h1-6H3;6H,4-5H2,1-3H3;2*12H,1-4H3. The summed E-state index contributed by atoms with van der Waals surface area (Å²) in [5.74, 6) is 3.13. The van der Waals surface area contributed by atoms with Crippen LogP contribution in [0.1, 0.15) is 66.8 Å². The van der Waals surface area contributed by atoms with E-state index in [0.717, 1.165) is 28.4 Å². The Morgan fingerprint density at radius 2 is 0.852 bits per heavy atom. The van der Waals surface area contributed by atoms with E-state index in [-0.39, 0.29) is 28.6 Å². The molecule has 1 aliphatic rings. The van der Waals surface area contributed by atoms with Crippen LogP contribution in [0.4, 0.5) is 4.39 Å². The van der Waals surface area contributed by atoms with E-state index < -0.39 is 5.82 Å². The average molecular weight is 773 g/mol. The molecule has 0 bridgehead atoms. The third kappa shape index (κ3) is 9.32. The van der Waals surface area contributed by atoms with Crippen molar-refractivity contribution in [2.45, 2.75) is 83.1 Å². The lowest BCUT2D eigenvalue weighted by molar-refractivity contribution is 0.168. The first-order chi connectivity index (χ1) is 25.3. The molecule has 11 heteroatoms. The molecule has 0 aliphatic carbocycles. The number of hydrogen-bond donors (Lipinski definition) is 2. The van der Waals surface area contributed by atoms with Gasteiger partial charge in [0.25, 0.3) is 0 Å². The molecule has 0 unspecified atom stereocenters. The molecule has 1 aliphatic heterocycles. The van der Waals surface area contributed by atoms with Crippen molar-refractivity contribution in [2.24, 2.45) is 0 Å². The van der Waals surface area contributed by atoms with Gasteiger partial charge in [-0.2, -0.15) is 0 Å². The minimum absolute atomic E-state index is 0.0563. The number of fused-ring (bicyclic) bond motifs is 1. The van der Waals surface area contributed by atoms with Crippen LogP contribution in [-0.2, 0) is 0 Å². The van der Waals surface area contributed by atoms with Crippen molar-refractivity contribution in [1.29, 1.82) is 0 Å². The molecule has 0 spiro atoms. The molecule has 1 heterocycles. The predicted molar refractivity (Wildman–Crippen MR) is 215 cm³/mol. The molecule has 0 aromatic heterocycles. The van der Waals surface area contributed by atoms with Crippen molar-refractivity contribution >= 4 is 11.6 Å². The highest BCUT2D eigenvalue weighted by Crippen LogP contribution is 2.45. The van der Waals surface area contributed by atoms with Crippen LogP contribution in [-0.4, -0.2) is 59.0 Å². The highest BCUT2D eigenvalue weighted by molar-refractivity contribution is 6.33. The van der Waals surface area contributed by atoms with E-state index in [4.69, 9.17) is 44.8 Å². The first-order valence-electron chi connectivity index (χ1n) is 17.4. The van der Waals surface area contributed by atoms with E-state index in [1.807, 2.05) is 19.9 Å². The van der Waals surface area contributed by atoms with Crippen molar-refractivity contribution < 1.29 is 47.8 Å². The van der Waals surface area contributed by atoms with Crippen molar-refractivity contribution in [3.63, 3.8) is 0 Å². The number of aryl methyl sites for hydroxylation is 1. The summed E-state index contributed by atoms with van der Waals surface area (Å²) < 4.78 is 49.8. The van der Waals surface area contributed by atoms with Gasteiger partial charge in [0.15, 0.2) is 46.1 Å². The summed E-state index contributed by atoms with van der Waals surface area (Å²) in [7, 11) is 7.41. The quantitative estimate of drug-likeness (QED) is 0.205. The van der Waals surface area contributed by atoms with E-state index in [9.17, 15) is 14.6 Å². The third-order valence-electron chi connectivity index (χ3n) is 10.2. The predicted octanol–water partition coefficient (Wildman–Crippen LogP) is 10.5. The lowest BCUT2D eigenvalue weighted by Gasteiger charge is -2.23. The SMILES string of the molecule is COc1c(C)c(Cl)c(OC)c(C)c1O.COc1c(C)c(F)c(OC)c(C)c1O.COc1cc(C)c2c(c1C)OCCO2.Cc1c(C)c(C)c(C)c(C)c1C. The molecule has 5 rings (SSSR count). The Bertz CT molecular complexity index is 1670. The van der Waals surface area contributed by atoms with Gasteiger partial charge in [0.05, 0.1) is 40.6 Å². The third-order valence-corrected chi connectivity index (χ3v) is 10.6. The number of ether oxygens (including phenoxy) is 7. The molecule has 0 fully saturated rings. The molecule has 0 radical (unpaired) electrons. The van der Waals surface area contributed by atoms with Crippen molar-refractivity contribution in [1.82, 2.24) is 0 Å². The molecule has 4 aromatic rings. The Labute approximate surface area is 325 Å². The second-order valence-electron chi connectivity index (χ2n) is 13.1. The van der Waals surface area contributed by atoms with Gasteiger partial charge in [-0.15, -0.1) is 0 Å². The number of halogens is 2. The van der Waals surface area contributed by atoms with Gasteiger partial charge < -0.3 is 43.4 Å². The molecule has 0 saturated carbocycles. The molecule has 2 N–H and O–H groups in total. The number of aromatic hydroxyl groups is 2. The summed E-state index contributed by atoms with van der Waals surface area (Å²) in [5.41, 5.74) is 12.6. The number of benzene rings is 4. The molecular weight excluding hydrogens is 715 g/mol. The molecule has 9 nitrogen and oxygen atoms in total. The minimum atomic E-state index is -0.500. The zero-order valence-corrected chi connectivity index (χ0v) is 35.8. The second-order valence-corrected chi connectivity index (χ2v) is 13.5. The molecule has 0 saturated heterocycles. The van der Waals surface area contributed by atoms with Gasteiger partial charge in [-0.25, -0.2) is 4.39 Å². The van der Waals surface area contributed by atoms with Crippen molar-refractivity contribution in [3.05, 3.63) is 83.7 Å². The van der Waals surface area contributed by atoms with Crippen LogP contribution in [0.5, 0.6) is 51.7 Å². The number of hydrogen-bond acceptors (Lipinski definition) is 9. The van der Waals surface area contributed by atoms with Crippen LogP contribution in [0.25, 0.3) is 0 Å². The van der Waals surface area contributed by atoms with Crippen LogP contribution in [0.2, 0.25) is 5.02 Å². The maximum atomic E-state index is 13.6. The summed E-state index contributed by atoms with van der Waals surface area (Å²) in [6, 6.07) is 1.98. The Kier molecular flexibility index (Phi) is 16.5. The van der Waals surface area contributed by atoms with E-state index in [1.165, 1.54) is 68.7 Å². The number of rotatable bonds is 5. The van der Waals surface area contributed by atoms with Crippen molar-refractivity contribution in [2.75, 3.05) is 48.8 Å². The maximum absolute atomic E-state index is 13.6. The minimum Gasteiger partial charge on any atom is -0.504 e. The number of phenols is 2. The smallest absolute Gasteiger partial charge is 0.172 e. The molecular formula is C43H58ClFO9. The lowest BCUT2D eigenvalue weighted by Crippen LogP contribution is -2.17. The Hall–Kier alpha value is -4.70. The van der Waals surface area contributed by atoms with E-state index in [1.54, 1.807) is 27.9 Å². The first kappa shape index (κ1) is 45.5. The maximum Gasteiger partial charge on any atom is 0.172 e. The van der Waals surface area contributed by atoms with Gasteiger partial charge in [0.1, 0.15) is 24.7 Å². The Morgan fingerprint density at radius 1 is 0.481 bits per heavy atom. The summed E-state index contributed by atoms with van der Waals surface area (Å²) in [6.45, 7) is 25.1. The van der Waals surface area contributed by atoms with Gasteiger partial charge in [0.2, 0.25) is 0 Å². The number of methoxy groups -OCH3 is 5. The number of phenolic OH excluding ortho intramolecular Hbond substituents is 2. The summed E-state index contributed by atoms with van der Waals surface area (Å²) >= 11 is 6.04. The zero-order chi connectivity index (χ0) is 41.4. The molecule has 0 amide bonds. The van der Waals surface area contributed by atoms with Gasteiger partial charge in [-0.3, -0.25) is 0 Å². The molecule has 298 valence electrons. The van der Waals surface area contributed by atoms with Gasteiger partial charge in [-0.1, -0.05) is 11.6 Å². The zero-order valence-electron chi connectivity index (χ0n) is 35.0. The monoisotopic (exact) mass is 772 g/mol. The van der Waals surface area contributed by atoms with Crippen LogP contribution in [0, 0.1) is 88.9 Å². The Balaban J connectivity index is 0.000000249. The second kappa shape index (κ2) is 19.6. The summed E-state index contributed by atoms with van der Waals surface area (Å²) in [5, 5.41) is 19.9. The summed E-state index contributed by atoms with van der Waals surface area (Å²) in [4.78, 5) is 0. The fourth-order valence-electron chi connectivity index (χ4n) is 6.14. The largest absolute Gasteiger partial charge is 0.504 e. The van der Waals surface area contributed by atoms with Gasteiger partial charge in [-0.05, 0) is 128 Å². The first-order valence-corrected chi connectivity index (χ1v) is 17.8. The fourth-order valence-corrected chi connectivity index (χ4v) is 6.44. The van der Waals surface area contributed by atoms with Crippen molar-refractivity contribution in [3.8, 4) is 51.7 Å². The molecule has 4 aromatic carbocycles. The van der Waals surface area contributed by atoms with Gasteiger partial charge >= 0.3 is 0 Å². The molecule has 0 atom stereocenters. The lowest BCUT2D eigenvalue weighted by atomic mass is 9.90. The van der Waals surface area contributed by atoms with E-state index in [2.05, 4.69) is 41.5 Å². The highest BCUT2D eigenvalue weighted by atomic mass is 35.5. The van der Waals surface area contributed by atoms with Crippen LogP contribution in [0.15, 0.2) is 6.07 Å². The topological polar surface area (TPSA) is 105 Å². The highest BCUT2D eigenvalue weighted by Gasteiger charge is 2.22. The van der Waals surface area contributed by atoms with Crippen LogP contribution < -0.4 is 33.2 Å².